The normalized spacial score (nSPS) is 14.3. The maximum atomic E-state index is 5.73. The fourth-order valence-corrected chi connectivity index (χ4v) is 2.60. The first-order valence-corrected chi connectivity index (χ1v) is 7.71. The molecule has 1 aromatic rings. The molecule has 2 nitrogen and oxygen atoms in total. The lowest BCUT2D eigenvalue weighted by atomic mass is 9.90. The molecule has 0 radical (unpaired) electrons. The van der Waals surface area contributed by atoms with Crippen LogP contribution in [0.1, 0.15) is 57.1 Å². The molecule has 0 fully saturated rings. The van der Waals surface area contributed by atoms with E-state index in [2.05, 4.69) is 50.5 Å². The van der Waals surface area contributed by atoms with Crippen molar-refractivity contribution < 1.29 is 0 Å². The largest absolute Gasteiger partial charge is 0.271 e. The van der Waals surface area contributed by atoms with Crippen LogP contribution in [0.15, 0.2) is 24.3 Å². The van der Waals surface area contributed by atoms with E-state index in [-0.39, 0.29) is 0 Å². The van der Waals surface area contributed by atoms with Gasteiger partial charge in [-0.3, -0.25) is 11.3 Å². The van der Waals surface area contributed by atoms with Crippen molar-refractivity contribution in [2.75, 3.05) is 0 Å². The quantitative estimate of drug-likeness (QED) is 0.522. The third-order valence-electron chi connectivity index (χ3n) is 4.00. The number of hydrogen-bond acceptors (Lipinski definition) is 2. The minimum Gasteiger partial charge on any atom is -0.271 e. The lowest BCUT2D eigenvalue weighted by Crippen LogP contribution is -2.38. The van der Waals surface area contributed by atoms with Crippen LogP contribution >= 0.6 is 0 Å². The van der Waals surface area contributed by atoms with Crippen molar-refractivity contribution in [3.05, 3.63) is 35.4 Å². The van der Waals surface area contributed by atoms with Gasteiger partial charge in [0.1, 0.15) is 0 Å². The molecule has 0 heterocycles. The molecule has 0 saturated carbocycles. The van der Waals surface area contributed by atoms with Gasteiger partial charge >= 0.3 is 0 Å². The maximum absolute atomic E-state index is 5.73. The molecule has 3 N–H and O–H groups in total. The minimum atomic E-state index is 0.393. The average Bonchev–Trinajstić information content (AvgIpc) is 2.44. The molecule has 0 bridgehead atoms. The Morgan fingerprint density at radius 3 is 2.37 bits per heavy atom. The van der Waals surface area contributed by atoms with Crippen molar-refractivity contribution >= 4 is 0 Å². The van der Waals surface area contributed by atoms with E-state index in [9.17, 15) is 0 Å². The second-order valence-electron chi connectivity index (χ2n) is 5.71. The highest BCUT2D eigenvalue weighted by Crippen LogP contribution is 2.20. The van der Waals surface area contributed by atoms with Crippen LogP contribution in [0, 0.1) is 12.8 Å². The monoisotopic (exact) mass is 262 g/mol. The number of nitrogens with one attached hydrogen (secondary N) is 1. The Morgan fingerprint density at radius 2 is 1.84 bits per heavy atom. The molecule has 0 aromatic heterocycles. The number of nitrogens with two attached hydrogens (primary N) is 1. The third kappa shape index (κ3) is 6.22. The zero-order chi connectivity index (χ0) is 14.1. The SMILES string of the molecule is CCCCC(CC)CC(Cc1ccc(C)cc1)NN. The minimum absolute atomic E-state index is 0.393. The molecule has 0 saturated heterocycles. The molecular weight excluding hydrogens is 232 g/mol. The summed E-state index contributed by atoms with van der Waals surface area (Å²) in [4.78, 5) is 0. The summed E-state index contributed by atoms with van der Waals surface area (Å²) in [6.45, 7) is 6.68. The number of unbranched alkanes of at least 4 members (excludes halogenated alkanes) is 1. The van der Waals surface area contributed by atoms with E-state index in [1.807, 2.05) is 0 Å². The summed E-state index contributed by atoms with van der Waals surface area (Å²) in [6, 6.07) is 9.18. The predicted molar refractivity (Wildman–Crippen MR) is 83.9 cm³/mol. The second kappa shape index (κ2) is 9.11. The molecule has 108 valence electrons. The van der Waals surface area contributed by atoms with E-state index < -0.39 is 0 Å². The molecule has 0 aliphatic rings. The predicted octanol–water partition coefficient (Wildman–Crippen LogP) is 3.98. The van der Waals surface area contributed by atoms with Crippen molar-refractivity contribution in [1.82, 2.24) is 5.43 Å². The van der Waals surface area contributed by atoms with Gasteiger partial charge in [-0.15, -0.1) is 0 Å². The van der Waals surface area contributed by atoms with Gasteiger partial charge in [0.2, 0.25) is 0 Å². The van der Waals surface area contributed by atoms with E-state index in [1.165, 1.54) is 43.2 Å². The molecule has 1 rings (SSSR count). The van der Waals surface area contributed by atoms with Crippen LogP contribution in [-0.2, 0) is 6.42 Å². The van der Waals surface area contributed by atoms with Crippen molar-refractivity contribution in [2.24, 2.45) is 11.8 Å². The lowest BCUT2D eigenvalue weighted by Gasteiger charge is -2.22. The van der Waals surface area contributed by atoms with Crippen molar-refractivity contribution in [1.29, 1.82) is 0 Å². The first-order valence-electron chi connectivity index (χ1n) is 7.71. The molecule has 0 amide bonds. The molecule has 2 atom stereocenters. The van der Waals surface area contributed by atoms with Crippen LogP contribution in [0.5, 0.6) is 0 Å². The molecule has 0 aliphatic carbocycles. The summed E-state index contributed by atoms with van der Waals surface area (Å²) in [5.74, 6) is 6.53. The van der Waals surface area contributed by atoms with Crippen LogP contribution in [0.2, 0.25) is 0 Å². The van der Waals surface area contributed by atoms with Crippen LogP contribution in [-0.4, -0.2) is 6.04 Å². The van der Waals surface area contributed by atoms with Gasteiger partial charge in [-0.2, -0.15) is 0 Å². The molecular formula is C17H30N2. The van der Waals surface area contributed by atoms with Gasteiger partial charge in [-0.05, 0) is 31.2 Å². The van der Waals surface area contributed by atoms with Crippen LogP contribution < -0.4 is 11.3 Å². The zero-order valence-corrected chi connectivity index (χ0v) is 12.8. The maximum Gasteiger partial charge on any atom is 0.0253 e. The Bertz CT molecular complexity index is 332. The number of hydrazine groups is 1. The summed E-state index contributed by atoms with van der Waals surface area (Å²) in [5.41, 5.74) is 5.70. The fourth-order valence-electron chi connectivity index (χ4n) is 2.60. The smallest absolute Gasteiger partial charge is 0.0253 e. The Kier molecular flexibility index (Phi) is 7.76. The highest BCUT2D eigenvalue weighted by Gasteiger charge is 2.14. The summed E-state index contributed by atoms with van der Waals surface area (Å²) in [6.07, 6.45) is 7.42. The summed E-state index contributed by atoms with van der Waals surface area (Å²) in [7, 11) is 0. The number of aryl methyl sites for hydroxylation is 1. The summed E-state index contributed by atoms with van der Waals surface area (Å²) < 4.78 is 0. The molecule has 19 heavy (non-hydrogen) atoms. The molecule has 2 heteroatoms. The highest BCUT2D eigenvalue weighted by atomic mass is 15.2. The Hall–Kier alpha value is -0.860. The Balaban J connectivity index is 2.49. The van der Waals surface area contributed by atoms with E-state index in [0.717, 1.165) is 12.3 Å². The van der Waals surface area contributed by atoms with Crippen molar-refractivity contribution in [3.8, 4) is 0 Å². The lowest BCUT2D eigenvalue weighted by molar-refractivity contribution is 0.350. The van der Waals surface area contributed by atoms with Crippen LogP contribution in [0.3, 0.4) is 0 Å². The topological polar surface area (TPSA) is 38.0 Å². The summed E-state index contributed by atoms with van der Waals surface area (Å²) >= 11 is 0. The first-order chi connectivity index (χ1) is 9.19. The van der Waals surface area contributed by atoms with Gasteiger partial charge in [-0.1, -0.05) is 69.4 Å². The van der Waals surface area contributed by atoms with Crippen LogP contribution in [0.25, 0.3) is 0 Å². The first kappa shape index (κ1) is 16.2. The second-order valence-corrected chi connectivity index (χ2v) is 5.71. The summed E-state index contributed by atoms with van der Waals surface area (Å²) in [5, 5.41) is 0. The van der Waals surface area contributed by atoms with Gasteiger partial charge < -0.3 is 0 Å². The third-order valence-corrected chi connectivity index (χ3v) is 4.00. The van der Waals surface area contributed by atoms with Gasteiger partial charge in [0.25, 0.3) is 0 Å². The highest BCUT2D eigenvalue weighted by molar-refractivity contribution is 5.22. The van der Waals surface area contributed by atoms with Crippen molar-refractivity contribution in [2.45, 2.75) is 65.3 Å². The molecule has 0 spiro atoms. The number of rotatable bonds is 9. The average molecular weight is 262 g/mol. The van der Waals surface area contributed by atoms with Gasteiger partial charge in [0, 0.05) is 6.04 Å². The molecule has 2 unspecified atom stereocenters. The van der Waals surface area contributed by atoms with E-state index in [1.54, 1.807) is 0 Å². The van der Waals surface area contributed by atoms with Crippen LogP contribution in [0.4, 0.5) is 0 Å². The Morgan fingerprint density at radius 1 is 1.16 bits per heavy atom. The molecule has 1 aromatic carbocycles. The zero-order valence-electron chi connectivity index (χ0n) is 12.8. The van der Waals surface area contributed by atoms with E-state index in [4.69, 9.17) is 5.84 Å². The van der Waals surface area contributed by atoms with Gasteiger partial charge in [0.05, 0.1) is 0 Å². The number of benzene rings is 1. The number of hydrogen-bond donors (Lipinski definition) is 2. The van der Waals surface area contributed by atoms with Gasteiger partial charge in [0.15, 0.2) is 0 Å². The van der Waals surface area contributed by atoms with Crippen molar-refractivity contribution in [3.63, 3.8) is 0 Å². The van der Waals surface area contributed by atoms with E-state index in [0.29, 0.717) is 6.04 Å². The van der Waals surface area contributed by atoms with E-state index >= 15 is 0 Å². The van der Waals surface area contributed by atoms with Gasteiger partial charge in [-0.25, -0.2) is 0 Å². The Labute approximate surface area is 118 Å². The fraction of sp³-hybridized carbons (Fsp3) is 0.647. The molecule has 0 aliphatic heterocycles. The standard InChI is InChI=1S/C17H30N2/c1-4-6-7-15(5-2)12-17(19-18)13-16-10-8-14(3)9-11-16/h8-11,15,17,19H,4-7,12-13,18H2,1-3H3.